The molecule has 0 aliphatic carbocycles. The zero-order valence-electron chi connectivity index (χ0n) is 10.1. The molecule has 0 radical (unpaired) electrons. The van der Waals surface area contributed by atoms with Gasteiger partial charge in [0.2, 0.25) is 0 Å². The second kappa shape index (κ2) is 6.36. The third-order valence-corrected chi connectivity index (χ3v) is 3.51. The predicted molar refractivity (Wildman–Crippen MR) is 73.3 cm³/mol. The van der Waals surface area contributed by atoms with Crippen LogP contribution in [0.2, 0.25) is 5.15 Å². The number of aromatic nitrogens is 1. The van der Waals surface area contributed by atoms with E-state index in [2.05, 4.69) is 47.0 Å². The fourth-order valence-electron chi connectivity index (χ4n) is 1.17. The van der Waals surface area contributed by atoms with Gasteiger partial charge in [-0.1, -0.05) is 32.4 Å². The molecule has 1 atom stereocenters. The van der Waals surface area contributed by atoms with Crippen molar-refractivity contribution in [1.29, 1.82) is 0 Å². The second-order valence-corrected chi connectivity index (χ2v) is 5.70. The van der Waals surface area contributed by atoms with Crippen LogP contribution in [0.1, 0.15) is 31.1 Å². The molecule has 17 heavy (non-hydrogen) atoms. The molecule has 1 rings (SSSR count). The van der Waals surface area contributed by atoms with E-state index in [9.17, 15) is 4.79 Å². The van der Waals surface area contributed by atoms with E-state index in [-0.39, 0.29) is 11.1 Å². The van der Waals surface area contributed by atoms with E-state index in [1.54, 1.807) is 12.3 Å². The van der Waals surface area contributed by atoms with Gasteiger partial charge in [-0.15, -0.1) is 0 Å². The van der Waals surface area contributed by atoms with E-state index in [1.165, 1.54) is 0 Å². The highest BCUT2D eigenvalue weighted by Crippen LogP contribution is 2.18. The van der Waals surface area contributed by atoms with Crippen LogP contribution in [-0.4, -0.2) is 17.4 Å². The number of nitrogens with one attached hydrogen (secondary N) is 1. The van der Waals surface area contributed by atoms with E-state index in [0.717, 1.165) is 4.47 Å². The standard InChI is InChI=1S/C12H16BrClN2O/c1-7(2)8(3)5-16-12(17)10-4-9(13)6-15-11(10)14/h4,6-8H,5H2,1-3H3,(H,16,17). The lowest BCUT2D eigenvalue weighted by Gasteiger charge is -2.16. The minimum absolute atomic E-state index is 0.184. The van der Waals surface area contributed by atoms with Crippen LogP contribution < -0.4 is 5.32 Å². The summed E-state index contributed by atoms with van der Waals surface area (Å²) in [5.74, 6) is 0.778. The number of carbonyl (C=O) groups is 1. The first-order valence-electron chi connectivity index (χ1n) is 5.51. The maximum Gasteiger partial charge on any atom is 0.254 e. The lowest BCUT2D eigenvalue weighted by atomic mass is 9.98. The maximum atomic E-state index is 11.9. The van der Waals surface area contributed by atoms with Crippen molar-refractivity contribution in [3.63, 3.8) is 0 Å². The summed E-state index contributed by atoms with van der Waals surface area (Å²) < 4.78 is 0.740. The number of pyridine rings is 1. The topological polar surface area (TPSA) is 42.0 Å². The molecule has 1 unspecified atom stereocenters. The van der Waals surface area contributed by atoms with Crippen LogP contribution in [0.25, 0.3) is 0 Å². The van der Waals surface area contributed by atoms with Crippen molar-refractivity contribution in [3.05, 3.63) is 27.5 Å². The maximum absolute atomic E-state index is 11.9. The third-order valence-electron chi connectivity index (χ3n) is 2.77. The molecule has 0 bridgehead atoms. The van der Waals surface area contributed by atoms with Gasteiger partial charge in [0.05, 0.1) is 5.56 Å². The van der Waals surface area contributed by atoms with Crippen LogP contribution in [0, 0.1) is 11.8 Å². The number of amides is 1. The molecule has 5 heteroatoms. The normalized spacial score (nSPS) is 12.6. The van der Waals surface area contributed by atoms with Crippen molar-refractivity contribution in [2.45, 2.75) is 20.8 Å². The minimum Gasteiger partial charge on any atom is -0.352 e. The van der Waals surface area contributed by atoms with Gasteiger partial charge in [0.25, 0.3) is 5.91 Å². The molecule has 1 aromatic rings. The Bertz CT molecular complexity index is 409. The zero-order chi connectivity index (χ0) is 13.0. The van der Waals surface area contributed by atoms with Gasteiger partial charge in [0.15, 0.2) is 0 Å². The first-order valence-corrected chi connectivity index (χ1v) is 6.68. The Morgan fingerprint density at radius 2 is 2.18 bits per heavy atom. The van der Waals surface area contributed by atoms with E-state index < -0.39 is 0 Å². The highest BCUT2D eigenvalue weighted by Gasteiger charge is 2.14. The Kier molecular flexibility index (Phi) is 5.40. The van der Waals surface area contributed by atoms with Crippen molar-refractivity contribution in [2.75, 3.05) is 6.54 Å². The summed E-state index contributed by atoms with van der Waals surface area (Å²) in [6, 6.07) is 1.67. The molecule has 94 valence electrons. The Labute approximate surface area is 115 Å². The van der Waals surface area contributed by atoms with Crippen molar-refractivity contribution in [2.24, 2.45) is 11.8 Å². The average Bonchev–Trinajstić information content (AvgIpc) is 2.28. The van der Waals surface area contributed by atoms with Gasteiger partial charge < -0.3 is 5.32 Å². The van der Waals surface area contributed by atoms with Gasteiger partial charge in [0.1, 0.15) is 5.15 Å². The van der Waals surface area contributed by atoms with Gasteiger partial charge in [-0.05, 0) is 33.8 Å². The van der Waals surface area contributed by atoms with E-state index in [4.69, 9.17) is 11.6 Å². The van der Waals surface area contributed by atoms with Crippen molar-refractivity contribution in [3.8, 4) is 0 Å². The molecule has 3 nitrogen and oxygen atoms in total. The number of halogens is 2. The molecule has 0 saturated heterocycles. The SMILES string of the molecule is CC(C)C(C)CNC(=O)c1cc(Br)cnc1Cl. The molecule has 0 aliphatic heterocycles. The lowest BCUT2D eigenvalue weighted by molar-refractivity contribution is 0.0944. The van der Waals surface area contributed by atoms with Gasteiger partial charge in [-0.25, -0.2) is 4.98 Å². The van der Waals surface area contributed by atoms with E-state index >= 15 is 0 Å². The molecule has 0 spiro atoms. The van der Waals surface area contributed by atoms with Crippen LogP contribution in [0.5, 0.6) is 0 Å². The Morgan fingerprint density at radius 3 is 2.76 bits per heavy atom. The number of rotatable bonds is 4. The largest absolute Gasteiger partial charge is 0.352 e. The molecule has 0 saturated carbocycles. The second-order valence-electron chi connectivity index (χ2n) is 4.42. The average molecular weight is 320 g/mol. The first kappa shape index (κ1) is 14.5. The highest BCUT2D eigenvalue weighted by atomic mass is 79.9. The van der Waals surface area contributed by atoms with Crippen molar-refractivity contribution < 1.29 is 4.79 Å². The molecule has 1 amide bonds. The number of carbonyl (C=O) groups excluding carboxylic acids is 1. The monoisotopic (exact) mass is 318 g/mol. The van der Waals surface area contributed by atoms with Gasteiger partial charge in [-0.2, -0.15) is 0 Å². The molecular formula is C12H16BrClN2O. The van der Waals surface area contributed by atoms with Gasteiger partial charge >= 0.3 is 0 Å². The summed E-state index contributed by atoms with van der Waals surface area (Å²) in [6.07, 6.45) is 1.57. The Hall–Kier alpha value is -0.610. The van der Waals surface area contributed by atoms with Crippen LogP contribution in [0.3, 0.4) is 0 Å². The fourth-order valence-corrected chi connectivity index (χ4v) is 1.69. The van der Waals surface area contributed by atoms with Crippen molar-refractivity contribution >= 4 is 33.4 Å². The Morgan fingerprint density at radius 1 is 1.53 bits per heavy atom. The highest BCUT2D eigenvalue weighted by molar-refractivity contribution is 9.10. The van der Waals surface area contributed by atoms with Crippen LogP contribution in [0.4, 0.5) is 0 Å². The summed E-state index contributed by atoms with van der Waals surface area (Å²) >= 11 is 9.14. The van der Waals surface area contributed by atoms with Crippen LogP contribution in [-0.2, 0) is 0 Å². The summed E-state index contributed by atoms with van der Waals surface area (Å²) in [5.41, 5.74) is 0.400. The summed E-state index contributed by atoms with van der Waals surface area (Å²) in [4.78, 5) is 15.8. The lowest BCUT2D eigenvalue weighted by Crippen LogP contribution is -2.30. The van der Waals surface area contributed by atoms with E-state index in [1.807, 2.05) is 0 Å². The summed E-state index contributed by atoms with van der Waals surface area (Å²) in [7, 11) is 0. The minimum atomic E-state index is -0.184. The van der Waals surface area contributed by atoms with Crippen LogP contribution in [0.15, 0.2) is 16.7 Å². The first-order chi connectivity index (χ1) is 7.91. The quantitative estimate of drug-likeness (QED) is 0.863. The zero-order valence-corrected chi connectivity index (χ0v) is 12.5. The number of hydrogen-bond acceptors (Lipinski definition) is 2. The van der Waals surface area contributed by atoms with Gasteiger partial charge in [-0.3, -0.25) is 4.79 Å². The summed E-state index contributed by atoms with van der Waals surface area (Å²) in [5, 5.41) is 3.09. The predicted octanol–water partition coefficient (Wildman–Crippen LogP) is 3.52. The van der Waals surface area contributed by atoms with E-state index in [0.29, 0.717) is 23.9 Å². The molecule has 1 N–H and O–H groups in total. The smallest absolute Gasteiger partial charge is 0.254 e. The molecule has 1 heterocycles. The molecule has 1 aromatic heterocycles. The number of hydrogen-bond donors (Lipinski definition) is 1. The Balaban J connectivity index is 2.67. The third kappa shape index (κ3) is 4.28. The van der Waals surface area contributed by atoms with Crippen LogP contribution >= 0.6 is 27.5 Å². The molecular weight excluding hydrogens is 304 g/mol. The molecule has 0 aliphatic rings. The fraction of sp³-hybridized carbons (Fsp3) is 0.500. The number of nitrogens with zero attached hydrogens (tertiary/aromatic N) is 1. The summed E-state index contributed by atoms with van der Waals surface area (Å²) in [6.45, 7) is 7.00. The van der Waals surface area contributed by atoms with Gasteiger partial charge in [0, 0.05) is 17.2 Å². The molecule has 0 fully saturated rings. The van der Waals surface area contributed by atoms with Crippen molar-refractivity contribution in [1.82, 2.24) is 10.3 Å². The molecule has 0 aromatic carbocycles.